The van der Waals surface area contributed by atoms with Gasteiger partial charge in [-0.15, -0.1) is 10.2 Å². The van der Waals surface area contributed by atoms with E-state index in [9.17, 15) is 0 Å². The summed E-state index contributed by atoms with van der Waals surface area (Å²) in [5, 5.41) is 8.88. The van der Waals surface area contributed by atoms with Crippen LogP contribution in [0.25, 0.3) is 16.7 Å². The molecule has 1 N–H and O–H groups in total. The Morgan fingerprint density at radius 1 is 0.963 bits per heavy atom. The first kappa shape index (κ1) is 15.1. The van der Waals surface area contributed by atoms with E-state index in [0.717, 1.165) is 60.1 Å². The van der Waals surface area contributed by atoms with Gasteiger partial charge in [-0.3, -0.25) is 4.40 Å². The number of hydrogen-bond donors (Lipinski definition) is 1. The van der Waals surface area contributed by atoms with E-state index in [-0.39, 0.29) is 0 Å². The molecule has 7 heteroatoms. The molecule has 0 amide bonds. The number of nitrogens with one attached hydrogen (secondary N) is 1. The van der Waals surface area contributed by atoms with Crippen molar-refractivity contribution in [3.63, 3.8) is 0 Å². The number of piperidine rings is 1. The highest BCUT2D eigenvalue weighted by Crippen LogP contribution is 2.39. The summed E-state index contributed by atoms with van der Waals surface area (Å²) in [6.45, 7) is 1.92. The van der Waals surface area contributed by atoms with Gasteiger partial charge in [-0.1, -0.05) is 12.1 Å². The summed E-state index contributed by atoms with van der Waals surface area (Å²) in [7, 11) is 0. The number of hydrogen-bond acceptors (Lipinski definition) is 5. The van der Waals surface area contributed by atoms with E-state index in [4.69, 9.17) is 4.98 Å². The Kier molecular flexibility index (Phi) is 3.23. The fourth-order valence-corrected chi connectivity index (χ4v) is 4.20. The molecule has 0 bridgehead atoms. The van der Waals surface area contributed by atoms with Crippen molar-refractivity contribution in [2.24, 2.45) is 0 Å². The molecule has 4 heterocycles. The van der Waals surface area contributed by atoms with Gasteiger partial charge >= 0.3 is 0 Å². The summed E-state index contributed by atoms with van der Waals surface area (Å²) in [6, 6.07) is 8.25. The second-order valence-corrected chi connectivity index (χ2v) is 7.68. The van der Waals surface area contributed by atoms with E-state index in [1.54, 1.807) is 0 Å². The lowest BCUT2D eigenvalue weighted by Gasteiger charge is -2.31. The van der Waals surface area contributed by atoms with Gasteiger partial charge in [0.1, 0.15) is 11.6 Å². The largest absolute Gasteiger partial charge is 0.353 e. The predicted octanol–water partition coefficient (Wildman–Crippen LogP) is 3.26. The summed E-state index contributed by atoms with van der Waals surface area (Å²) in [5.74, 6) is 4.20. The molecule has 2 fully saturated rings. The summed E-state index contributed by atoms with van der Waals surface area (Å²) < 4.78 is 2.13. The van der Waals surface area contributed by atoms with E-state index in [0.29, 0.717) is 11.8 Å². The quantitative estimate of drug-likeness (QED) is 0.608. The van der Waals surface area contributed by atoms with Crippen molar-refractivity contribution in [3.05, 3.63) is 48.3 Å². The molecule has 136 valence electrons. The molecule has 1 saturated carbocycles. The van der Waals surface area contributed by atoms with E-state index in [2.05, 4.69) is 41.6 Å². The highest BCUT2D eigenvalue weighted by atomic mass is 15.3. The van der Waals surface area contributed by atoms with Crippen molar-refractivity contribution in [3.8, 4) is 0 Å². The van der Waals surface area contributed by atoms with Crippen molar-refractivity contribution < 1.29 is 0 Å². The maximum absolute atomic E-state index is 4.80. The number of nitrogens with zero attached hydrogens (tertiary/aromatic N) is 6. The maximum atomic E-state index is 4.80. The molecular formula is C20H21N7. The molecule has 0 atom stereocenters. The van der Waals surface area contributed by atoms with Gasteiger partial charge in [0.05, 0.1) is 11.0 Å². The van der Waals surface area contributed by atoms with Crippen molar-refractivity contribution in [1.29, 1.82) is 0 Å². The lowest BCUT2D eigenvalue weighted by atomic mass is 9.96. The second-order valence-electron chi connectivity index (χ2n) is 7.68. The van der Waals surface area contributed by atoms with Crippen molar-refractivity contribution >= 4 is 22.5 Å². The third-order valence-electron chi connectivity index (χ3n) is 5.87. The molecule has 0 spiro atoms. The van der Waals surface area contributed by atoms with E-state index in [1.165, 1.54) is 12.8 Å². The van der Waals surface area contributed by atoms with Gasteiger partial charge in [0.2, 0.25) is 5.65 Å². The average Bonchev–Trinajstić information content (AvgIpc) is 3.31. The fraction of sp³-hybridized carbons (Fsp3) is 0.400. The van der Waals surface area contributed by atoms with Gasteiger partial charge in [0, 0.05) is 37.3 Å². The molecule has 1 aliphatic carbocycles. The maximum Gasteiger partial charge on any atom is 0.203 e. The Labute approximate surface area is 156 Å². The Balaban J connectivity index is 1.25. The van der Waals surface area contributed by atoms with Gasteiger partial charge in [-0.05, 0) is 37.8 Å². The Bertz CT molecular complexity index is 1080. The monoisotopic (exact) mass is 359 g/mol. The first-order chi connectivity index (χ1) is 13.4. The van der Waals surface area contributed by atoms with Gasteiger partial charge < -0.3 is 9.88 Å². The Morgan fingerprint density at radius 2 is 1.81 bits per heavy atom. The van der Waals surface area contributed by atoms with Gasteiger partial charge in [0.25, 0.3) is 0 Å². The van der Waals surface area contributed by atoms with Crippen LogP contribution in [0, 0.1) is 0 Å². The number of aromatic nitrogens is 6. The topological polar surface area (TPSA) is 75.0 Å². The second kappa shape index (κ2) is 5.77. The zero-order chi connectivity index (χ0) is 17.8. The Morgan fingerprint density at radius 3 is 2.63 bits per heavy atom. The minimum atomic E-state index is 0.466. The highest BCUT2D eigenvalue weighted by molar-refractivity contribution is 5.74. The first-order valence-corrected chi connectivity index (χ1v) is 9.76. The van der Waals surface area contributed by atoms with Crippen LogP contribution in [-0.4, -0.2) is 42.6 Å². The number of rotatable bonds is 3. The van der Waals surface area contributed by atoms with Crippen LogP contribution in [0.3, 0.4) is 0 Å². The third-order valence-corrected chi connectivity index (χ3v) is 5.87. The lowest BCUT2D eigenvalue weighted by molar-refractivity contribution is 0.487. The number of benzene rings is 1. The van der Waals surface area contributed by atoms with Gasteiger partial charge in [0.15, 0.2) is 5.82 Å². The van der Waals surface area contributed by atoms with Crippen LogP contribution >= 0.6 is 0 Å². The molecule has 27 heavy (non-hydrogen) atoms. The van der Waals surface area contributed by atoms with Gasteiger partial charge in [-0.25, -0.2) is 9.97 Å². The number of para-hydroxylation sites is 2. The van der Waals surface area contributed by atoms with Gasteiger partial charge in [-0.2, -0.15) is 0 Å². The molecular weight excluding hydrogens is 338 g/mol. The SMILES string of the molecule is c1ccc2[nH]c(C3CCN(c4nccn5c(C6CC6)nnc45)CC3)nc2c1. The zero-order valence-electron chi connectivity index (χ0n) is 15.0. The van der Waals surface area contributed by atoms with Crippen LogP contribution in [-0.2, 0) is 0 Å². The first-order valence-electron chi connectivity index (χ1n) is 9.76. The molecule has 1 aromatic carbocycles. The fourth-order valence-electron chi connectivity index (χ4n) is 4.20. The van der Waals surface area contributed by atoms with Crippen molar-refractivity contribution in [1.82, 2.24) is 29.5 Å². The molecule has 0 radical (unpaired) electrons. The van der Waals surface area contributed by atoms with Crippen LogP contribution in [0.15, 0.2) is 36.7 Å². The zero-order valence-corrected chi connectivity index (χ0v) is 15.0. The van der Waals surface area contributed by atoms with E-state index >= 15 is 0 Å². The van der Waals surface area contributed by atoms with Crippen molar-refractivity contribution in [2.75, 3.05) is 18.0 Å². The minimum Gasteiger partial charge on any atom is -0.353 e. The highest BCUT2D eigenvalue weighted by Gasteiger charge is 2.30. The van der Waals surface area contributed by atoms with Crippen LogP contribution < -0.4 is 4.90 Å². The lowest BCUT2D eigenvalue weighted by Crippen LogP contribution is -2.34. The minimum absolute atomic E-state index is 0.466. The van der Waals surface area contributed by atoms with E-state index < -0.39 is 0 Å². The number of H-pyrrole nitrogens is 1. The predicted molar refractivity (Wildman–Crippen MR) is 103 cm³/mol. The number of aromatic amines is 1. The standard InChI is InChI=1S/C20H21N7/c1-2-4-16-15(3-1)22-17(23-16)13-7-10-26(11-8-13)19-20-25-24-18(14-5-6-14)27(20)12-9-21-19/h1-4,9,12-14H,5-8,10-11H2,(H,22,23). The van der Waals surface area contributed by atoms with Crippen LogP contribution in [0.4, 0.5) is 5.82 Å². The molecule has 4 aromatic rings. The molecule has 1 saturated heterocycles. The summed E-state index contributed by atoms with van der Waals surface area (Å²) in [4.78, 5) is 15.3. The molecule has 0 unspecified atom stereocenters. The summed E-state index contributed by atoms with van der Waals surface area (Å²) >= 11 is 0. The summed E-state index contributed by atoms with van der Waals surface area (Å²) in [6.07, 6.45) is 8.44. The molecule has 6 rings (SSSR count). The van der Waals surface area contributed by atoms with Crippen LogP contribution in [0.5, 0.6) is 0 Å². The Hall–Kier alpha value is -2.96. The smallest absolute Gasteiger partial charge is 0.203 e. The molecule has 1 aliphatic heterocycles. The number of fused-ring (bicyclic) bond motifs is 2. The number of imidazole rings is 1. The average molecular weight is 359 g/mol. The van der Waals surface area contributed by atoms with E-state index in [1.807, 2.05) is 24.5 Å². The molecule has 2 aliphatic rings. The summed E-state index contributed by atoms with van der Waals surface area (Å²) in [5.41, 5.74) is 3.07. The van der Waals surface area contributed by atoms with Crippen LogP contribution in [0.2, 0.25) is 0 Å². The molecule has 3 aromatic heterocycles. The normalized spacial score (nSPS) is 18.6. The van der Waals surface area contributed by atoms with Crippen molar-refractivity contribution in [2.45, 2.75) is 37.5 Å². The third kappa shape index (κ3) is 2.49. The molecule has 7 nitrogen and oxygen atoms in total. The van der Waals surface area contributed by atoms with Crippen LogP contribution in [0.1, 0.15) is 49.2 Å². The number of anilines is 1.